The molecule has 0 aliphatic heterocycles. The van der Waals surface area contributed by atoms with Gasteiger partial charge in [-0.3, -0.25) is 14.9 Å². The zero-order valence-electron chi connectivity index (χ0n) is 13.9. The lowest BCUT2D eigenvalue weighted by atomic mass is 10.2. The van der Waals surface area contributed by atoms with Crippen molar-refractivity contribution in [2.75, 3.05) is 6.54 Å². The Morgan fingerprint density at radius 1 is 1.43 bits per heavy atom. The first-order valence-corrected chi connectivity index (χ1v) is 7.42. The maximum Gasteiger partial charge on any atom is 0.310 e. The summed E-state index contributed by atoms with van der Waals surface area (Å²) < 4.78 is 5.24. The molecule has 0 fully saturated rings. The van der Waals surface area contributed by atoms with Gasteiger partial charge in [0.2, 0.25) is 0 Å². The molecule has 0 saturated heterocycles. The van der Waals surface area contributed by atoms with Crippen LogP contribution in [0.4, 0.5) is 0 Å². The van der Waals surface area contributed by atoms with Crippen LogP contribution in [0.3, 0.4) is 0 Å². The molecule has 0 aliphatic rings. The Kier molecular flexibility index (Phi) is 7.55. The number of aromatic amines is 1. The van der Waals surface area contributed by atoms with Gasteiger partial charge < -0.3 is 4.74 Å². The maximum atomic E-state index is 11.6. The van der Waals surface area contributed by atoms with Crippen molar-refractivity contribution in [1.82, 2.24) is 10.2 Å². The molecule has 122 valence electrons. The Bertz CT molecular complexity index is 612. The van der Waals surface area contributed by atoms with Crippen molar-refractivity contribution in [1.29, 1.82) is 0 Å². The zero-order valence-corrected chi connectivity index (χ0v) is 13.9. The fourth-order valence-corrected chi connectivity index (χ4v) is 1.66. The average Bonchev–Trinajstić information content (AvgIpc) is 2.95. The van der Waals surface area contributed by atoms with Gasteiger partial charge in [-0.15, -0.1) is 6.42 Å². The van der Waals surface area contributed by atoms with E-state index < -0.39 is 5.60 Å². The second-order valence-electron chi connectivity index (χ2n) is 5.83. The van der Waals surface area contributed by atoms with Crippen LogP contribution in [-0.2, 0) is 16.0 Å². The molecule has 0 saturated carbocycles. The van der Waals surface area contributed by atoms with Crippen LogP contribution in [-0.4, -0.2) is 34.0 Å². The van der Waals surface area contributed by atoms with Crippen molar-refractivity contribution in [3.8, 4) is 12.3 Å². The predicted octanol–water partition coefficient (Wildman–Crippen LogP) is 2.87. The highest BCUT2D eigenvalue weighted by Gasteiger charge is 2.14. The van der Waals surface area contributed by atoms with E-state index in [-0.39, 0.29) is 12.4 Å². The molecule has 0 unspecified atom stereocenters. The highest BCUT2D eigenvalue weighted by Crippen LogP contribution is 2.08. The lowest BCUT2D eigenvalue weighted by molar-refractivity contribution is -0.153. The summed E-state index contributed by atoms with van der Waals surface area (Å²) in [5.74, 6) is 2.20. The topological polar surface area (TPSA) is 67.3 Å². The van der Waals surface area contributed by atoms with Crippen molar-refractivity contribution in [2.24, 2.45) is 4.99 Å². The number of hydrogen-bond acceptors (Lipinski definition) is 4. The van der Waals surface area contributed by atoms with Crippen LogP contribution in [0.15, 0.2) is 41.6 Å². The minimum absolute atomic E-state index is 0.195. The Labute approximate surface area is 137 Å². The van der Waals surface area contributed by atoms with Crippen LogP contribution in [0, 0.1) is 12.3 Å². The van der Waals surface area contributed by atoms with E-state index in [0.717, 1.165) is 12.1 Å². The number of nitrogens with zero attached hydrogens (tertiary/aromatic N) is 2. The Morgan fingerprint density at radius 2 is 2.17 bits per heavy atom. The largest absolute Gasteiger partial charge is 0.460 e. The quantitative estimate of drug-likeness (QED) is 0.478. The third kappa shape index (κ3) is 9.10. The number of aliphatic imine (C=N–C) groups is 1. The van der Waals surface area contributed by atoms with E-state index in [1.54, 1.807) is 18.3 Å². The molecule has 0 radical (unpaired) electrons. The van der Waals surface area contributed by atoms with Crippen LogP contribution in [0.1, 0.15) is 32.9 Å². The number of hydrogen-bond donors (Lipinski definition) is 1. The highest BCUT2D eigenvalue weighted by atomic mass is 16.6. The molecule has 0 amide bonds. The summed E-state index contributed by atoms with van der Waals surface area (Å²) in [5.41, 5.74) is 1.25. The molecule has 0 spiro atoms. The average molecular weight is 313 g/mol. The van der Waals surface area contributed by atoms with Gasteiger partial charge in [-0.25, -0.2) is 0 Å². The van der Waals surface area contributed by atoms with E-state index in [1.165, 1.54) is 0 Å². The molecular formula is C18H23N3O2. The third-order valence-corrected chi connectivity index (χ3v) is 2.53. The van der Waals surface area contributed by atoms with Crippen molar-refractivity contribution in [2.45, 2.75) is 39.2 Å². The molecule has 1 heterocycles. The van der Waals surface area contributed by atoms with Gasteiger partial charge in [0.25, 0.3) is 0 Å². The molecule has 1 N–H and O–H groups in total. The molecule has 1 rings (SSSR count). The second kappa shape index (κ2) is 9.42. The van der Waals surface area contributed by atoms with Gasteiger partial charge in [0.1, 0.15) is 12.1 Å². The van der Waals surface area contributed by atoms with E-state index in [1.807, 2.05) is 39.0 Å². The summed E-state index contributed by atoms with van der Waals surface area (Å²) in [4.78, 5) is 15.9. The number of nitrogens with one attached hydrogen (secondary N) is 1. The van der Waals surface area contributed by atoms with Crippen molar-refractivity contribution in [3.05, 3.63) is 42.3 Å². The summed E-state index contributed by atoms with van der Waals surface area (Å²) in [6, 6.07) is 1.90. The summed E-state index contributed by atoms with van der Waals surface area (Å²) in [7, 11) is 0. The maximum absolute atomic E-state index is 11.6. The summed E-state index contributed by atoms with van der Waals surface area (Å²) in [5, 5.41) is 6.77. The predicted molar refractivity (Wildman–Crippen MR) is 92.2 cm³/mol. The van der Waals surface area contributed by atoms with Crippen molar-refractivity contribution >= 4 is 11.7 Å². The number of terminal acetylenes is 1. The molecule has 0 aromatic carbocycles. The molecule has 0 bridgehead atoms. The first kappa shape index (κ1) is 18.4. The fraction of sp³-hybridized carbons (Fsp3) is 0.389. The number of ether oxygens (including phenoxy) is 1. The number of carbonyl (C=O) groups is 1. The van der Waals surface area contributed by atoms with Gasteiger partial charge in [-0.2, -0.15) is 5.10 Å². The smallest absolute Gasteiger partial charge is 0.310 e. The molecule has 1 aromatic rings. The first-order chi connectivity index (χ1) is 10.9. The summed E-state index contributed by atoms with van der Waals surface area (Å²) in [6.45, 7) is 5.81. The van der Waals surface area contributed by atoms with Crippen LogP contribution >= 0.6 is 0 Å². The highest BCUT2D eigenvalue weighted by molar-refractivity contribution is 6.04. The number of H-pyrrole nitrogens is 1. The van der Waals surface area contributed by atoms with Gasteiger partial charge in [0, 0.05) is 18.3 Å². The van der Waals surface area contributed by atoms with E-state index in [2.05, 4.69) is 21.1 Å². The molecule has 0 aliphatic carbocycles. The molecule has 5 nitrogen and oxygen atoms in total. The molecule has 5 heteroatoms. The molecule has 23 heavy (non-hydrogen) atoms. The van der Waals surface area contributed by atoms with Gasteiger partial charge in [0.15, 0.2) is 0 Å². The van der Waals surface area contributed by atoms with E-state index >= 15 is 0 Å². The van der Waals surface area contributed by atoms with E-state index in [0.29, 0.717) is 12.3 Å². The van der Waals surface area contributed by atoms with Gasteiger partial charge in [-0.05, 0) is 39.0 Å². The third-order valence-electron chi connectivity index (χ3n) is 2.53. The number of esters is 1. The lowest BCUT2D eigenvalue weighted by Crippen LogP contribution is -2.23. The Morgan fingerprint density at radius 3 is 2.78 bits per heavy atom. The molecule has 1 aromatic heterocycles. The van der Waals surface area contributed by atoms with Crippen LogP contribution in [0.25, 0.3) is 0 Å². The fourth-order valence-electron chi connectivity index (χ4n) is 1.66. The lowest BCUT2D eigenvalue weighted by Gasteiger charge is -2.18. The van der Waals surface area contributed by atoms with Crippen molar-refractivity contribution in [3.63, 3.8) is 0 Å². The van der Waals surface area contributed by atoms with Crippen LogP contribution in [0.5, 0.6) is 0 Å². The monoisotopic (exact) mass is 313 g/mol. The number of aromatic nitrogens is 2. The molecular weight excluding hydrogens is 290 g/mol. The van der Waals surface area contributed by atoms with Gasteiger partial charge in [-0.1, -0.05) is 18.1 Å². The zero-order chi connectivity index (χ0) is 17.1. The van der Waals surface area contributed by atoms with Crippen LogP contribution in [0.2, 0.25) is 0 Å². The standard InChI is InChI=1S/C18H23N3O2/c1-5-13-19-15(8-6-10-16-12-14-20-21-16)9-7-11-17(22)23-18(2,3)4/h1,6-9,12,14H,10-11,13H2,2-4H3,(H,20,21)/b8-6-,9-7?,19-15?. The van der Waals surface area contributed by atoms with E-state index in [4.69, 9.17) is 11.2 Å². The summed E-state index contributed by atoms with van der Waals surface area (Å²) in [6.07, 6.45) is 15.2. The number of carbonyl (C=O) groups excluding carboxylic acids is 1. The minimum Gasteiger partial charge on any atom is -0.460 e. The van der Waals surface area contributed by atoms with E-state index in [9.17, 15) is 4.79 Å². The minimum atomic E-state index is -0.477. The van der Waals surface area contributed by atoms with Gasteiger partial charge >= 0.3 is 5.97 Å². The Balaban J connectivity index is 2.57. The molecule has 0 atom stereocenters. The van der Waals surface area contributed by atoms with Crippen molar-refractivity contribution < 1.29 is 9.53 Å². The van der Waals surface area contributed by atoms with Gasteiger partial charge in [0.05, 0.1) is 12.1 Å². The summed E-state index contributed by atoms with van der Waals surface area (Å²) >= 11 is 0. The number of rotatable bonds is 7. The first-order valence-electron chi connectivity index (χ1n) is 7.42. The Hall–Kier alpha value is -2.61. The van der Waals surface area contributed by atoms with Crippen LogP contribution < -0.4 is 0 Å². The SMILES string of the molecule is C#CCN=C(C=CCC(=O)OC(C)(C)C)/C=C\Cc1ccn[nH]1. The second-order valence-corrected chi connectivity index (χ2v) is 5.83. The number of allylic oxidation sites excluding steroid dienone is 3. The normalized spacial score (nSPS) is 12.7.